The zero-order valence-electron chi connectivity index (χ0n) is 13.9. The minimum atomic E-state index is -1.07. The van der Waals surface area contributed by atoms with Crippen LogP contribution in [-0.4, -0.2) is 44.0 Å². The van der Waals surface area contributed by atoms with Crippen molar-refractivity contribution >= 4 is 29.3 Å². The molecule has 1 atom stereocenters. The first-order valence-corrected chi connectivity index (χ1v) is 8.10. The van der Waals surface area contributed by atoms with E-state index >= 15 is 0 Å². The molecule has 1 fully saturated rings. The van der Waals surface area contributed by atoms with Gasteiger partial charge in [-0.2, -0.15) is 0 Å². The Morgan fingerprint density at radius 1 is 1.24 bits per heavy atom. The summed E-state index contributed by atoms with van der Waals surface area (Å²) in [6.45, 7) is 3.62. The zero-order chi connectivity index (χ0) is 18.4. The molecule has 3 rings (SSSR count). The Hall–Kier alpha value is -2.67. The van der Waals surface area contributed by atoms with Gasteiger partial charge in [0.2, 0.25) is 5.91 Å². The number of rotatable bonds is 3. The largest absolute Gasteiger partial charge is 0.480 e. The first-order valence-electron chi connectivity index (χ1n) is 7.73. The van der Waals surface area contributed by atoms with Crippen LogP contribution in [0, 0.1) is 0 Å². The summed E-state index contributed by atoms with van der Waals surface area (Å²) in [4.78, 5) is 31.2. The predicted molar refractivity (Wildman–Crippen MR) is 94.0 cm³/mol. The van der Waals surface area contributed by atoms with Gasteiger partial charge in [-0.15, -0.1) is 0 Å². The third-order valence-corrected chi connectivity index (χ3v) is 3.74. The number of anilines is 1. The monoisotopic (exact) mass is 362 g/mol. The van der Waals surface area contributed by atoms with Crippen molar-refractivity contribution in [1.29, 1.82) is 0 Å². The van der Waals surface area contributed by atoms with Gasteiger partial charge in [0, 0.05) is 24.6 Å². The van der Waals surface area contributed by atoms with Crippen LogP contribution in [0.15, 0.2) is 48.9 Å². The summed E-state index contributed by atoms with van der Waals surface area (Å²) in [7, 11) is 0. The number of hydrogen-bond donors (Lipinski definition) is 1. The molecule has 1 amide bonds. The fraction of sp³-hybridized carbons (Fsp3) is 0.294. The summed E-state index contributed by atoms with van der Waals surface area (Å²) in [5, 5.41) is 12.3. The molecule has 0 radical (unpaired) electrons. The maximum Gasteiger partial charge on any atom is 0.329 e. The third kappa shape index (κ3) is 4.45. The molecule has 2 aromatic rings. The van der Waals surface area contributed by atoms with Crippen LogP contribution in [0.3, 0.4) is 0 Å². The maximum atomic E-state index is 12.0. The number of halogens is 1. The van der Waals surface area contributed by atoms with Crippen molar-refractivity contribution < 1.29 is 14.7 Å². The van der Waals surface area contributed by atoms with Crippen molar-refractivity contribution in [2.75, 3.05) is 5.01 Å². The van der Waals surface area contributed by atoms with Gasteiger partial charge < -0.3 is 5.11 Å². The number of hydrazine groups is 1. The summed E-state index contributed by atoms with van der Waals surface area (Å²) in [5.41, 5.74) is 0. The van der Waals surface area contributed by atoms with E-state index in [1.807, 2.05) is 32.0 Å². The van der Waals surface area contributed by atoms with Gasteiger partial charge in [-0.3, -0.25) is 9.78 Å². The van der Waals surface area contributed by atoms with Crippen molar-refractivity contribution in [3.05, 3.63) is 53.9 Å². The second-order valence-corrected chi connectivity index (χ2v) is 5.98. The molecule has 2 aromatic heterocycles. The van der Waals surface area contributed by atoms with Gasteiger partial charge in [0.25, 0.3) is 0 Å². The molecular weight excluding hydrogens is 344 g/mol. The highest BCUT2D eigenvalue weighted by Crippen LogP contribution is 2.32. The minimum absolute atomic E-state index is 0.0829. The quantitative estimate of drug-likeness (QED) is 0.903. The maximum absolute atomic E-state index is 12.0. The SMILES string of the molecule is CC(C)N1C(=O)CC(C(=O)O)N1c1ncccc1Cl.c1ccncc1. The molecule has 0 aromatic carbocycles. The molecular formula is C17H19ClN4O3. The van der Waals surface area contributed by atoms with Gasteiger partial charge in [0.1, 0.15) is 0 Å². The first-order chi connectivity index (χ1) is 11.9. The summed E-state index contributed by atoms with van der Waals surface area (Å²) in [5.74, 6) is -1.03. The van der Waals surface area contributed by atoms with Crippen LogP contribution in [0.1, 0.15) is 20.3 Å². The molecule has 0 saturated carbocycles. The van der Waals surface area contributed by atoms with E-state index in [1.165, 1.54) is 16.2 Å². The van der Waals surface area contributed by atoms with Crippen molar-refractivity contribution in [3.8, 4) is 0 Å². The minimum Gasteiger partial charge on any atom is -0.480 e. The summed E-state index contributed by atoms with van der Waals surface area (Å²) in [6, 6.07) is 7.84. The van der Waals surface area contributed by atoms with Crippen LogP contribution in [0.2, 0.25) is 5.02 Å². The van der Waals surface area contributed by atoms with Crippen LogP contribution in [-0.2, 0) is 9.59 Å². The molecule has 25 heavy (non-hydrogen) atoms. The van der Waals surface area contributed by atoms with Crippen LogP contribution in [0.25, 0.3) is 0 Å². The Bertz CT molecular complexity index is 700. The Balaban J connectivity index is 0.000000316. The number of pyridine rings is 2. The fourth-order valence-electron chi connectivity index (χ4n) is 2.45. The number of hydrogen-bond acceptors (Lipinski definition) is 5. The second kappa shape index (κ2) is 8.43. The molecule has 0 bridgehead atoms. The van der Waals surface area contributed by atoms with E-state index in [9.17, 15) is 14.7 Å². The van der Waals surface area contributed by atoms with Gasteiger partial charge in [-0.05, 0) is 38.1 Å². The van der Waals surface area contributed by atoms with Crippen LogP contribution in [0.5, 0.6) is 0 Å². The number of nitrogens with zero attached hydrogens (tertiary/aromatic N) is 4. The Labute approximate surface area is 150 Å². The highest BCUT2D eigenvalue weighted by Gasteiger charge is 2.44. The van der Waals surface area contributed by atoms with E-state index in [-0.39, 0.29) is 24.2 Å². The lowest BCUT2D eigenvalue weighted by atomic mass is 10.2. The Kier molecular flexibility index (Phi) is 6.30. The van der Waals surface area contributed by atoms with E-state index in [0.717, 1.165) is 0 Å². The smallest absolute Gasteiger partial charge is 0.329 e. The fourth-order valence-corrected chi connectivity index (χ4v) is 2.66. The lowest BCUT2D eigenvalue weighted by molar-refractivity contribution is -0.139. The zero-order valence-corrected chi connectivity index (χ0v) is 14.7. The average Bonchev–Trinajstić information content (AvgIpc) is 2.95. The van der Waals surface area contributed by atoms with Crippen LogP contribution >= 0.6 is 11.6 Å². The van der Waals surface area contributed by atoms with E-state index in [1.54, 1.807) is 24.5 Å². The van der Waals surface area contributed by atoms with Gasteiger partial charge in [-0.1, -0.05) is 17.7 Å². The van der Waals surface area contributed by atoms with E-state index in [2.05, 4.69) is 9.97 Å². The van der Waals surface area contributed by atoms with Crippen LogP contribution < -0.4 is 5.01 Å². The number of carboxylic acid groups (broad SMARTS) is 1. The number of aliphatic carboxylic acids is 1. The Morgan fingerprint density at radius 2 is 1.92 bits per heavy atom. The number of carboxylic acids is 1. The molecule has 1 aliphatic heterocycles. The van der Waals surface area contributed by atoms with Crippen molar-refractivity contribution in [2.45, 2.75) is 32.4 Å². The third-order valence-electron chi connectivity index (χ3n) is 3.45. The normalized spacial score (nSPS) is 16.6. The molecule has 1 saturated heterocycles. The van der Waals surface area contributed by atoms with E-state index < -0.39 is 12.0 Å². The van der Waals surface area contributed by atoms with E-state index in [0.29, 0.717) is 5.02 Å². The average molecular weight is 363 g/mol. The van der Waals surface area contributed by atoms with Gasteiger partial charge in [0.05, 0.1) is 11.4 Å². The summed E-state index contributed by atoms with van der Waals surface area (Å²) >= 11 is 6.06. The van der Waals surface area contributed by atoms with E-state index in [4.69, 9.17) is 11.6 Å². The molecule has 8 heteroatoms. The van der Waals surface area contributed by atoms with Crippen LogP contribution in [0.4, 0.5) is 5.82 Å². The molecule has 0 aliphatic carbocycles. The van der Waals surface area contributed by atoms with Gasteiger partial charge >= 0.3 is 5.97 Å². The number of aromatic nitrogens is 2. The summed E-state index contributed by atoms with van der Waals surface area (Å²) < 4.78 is 0. The van der Waals surface area contributed by atoms with Crippen molar-refractivity contribution in [3.63, 3.8) is 0 Å². The Morgan fingerprint density at radius 3 is 2.36 bits per heavy atom. The highest BCUT2D eigenvalue weighted by molar-refractivity contribution is 6.33. The van der Waals surface area contributed by atoms with Crippen molar-refractivity contribution in [2.24, 2.45) is 0 Å². The molecule has 1 unspecified atom stereocenters. The molecule has 3 heterocycles. The topological polar surface area (TPSA) is 86.6 Å². The second-order valence-electron chi connectivity index (χ2n) is 5.57. The molecule has 7 nitrogen and oxygen atoms in total. The molecule has 0 spiro atoms. The summed E-state index contributed by atoms with van der Waals surface area (Å²) in [6.07, 6.45) is 4.93. The van der Waals surface area contributed by atoms with Gasteiger partial charge in [-0.25, -0.2) is 19.8 Å². The first kappa shape index (κ1) is 18.7. The predicted octanol–water partition coefficient (Wildman–Crippen LogP) is 2.63. The number of amides is 1. The lowest BCUT2D eigenvalue weighted by Gasteiger charge is -2.34. The van der Waals surface area contributed by atoms with Crippen molar-refractivity contribution in [1.82, 2.24) is 15.0 Å². The van der Waals surface area contributed by atoms with Gasteiger partial charge in [0.15, 0.2) is 11.9 Å². The molecule has 1 aliphatic rings. The lowest BCUT2D eigenvalue weighted by Crippen LogP contribution is -2.49. The molecule has 1 N–H and O–H groups in total. The highest BCUT2D eigenvalue weighted by atomic mass is 35.5. The standard InChI is InChI=1S/C12H14ClN3O3.C5H5N/c1-7(2)15-10(17)6-9(12(18)19)16(15)11-8(13)4-3-5-14-11;1-2-4-6-5-3-1/h3-5,7,9H,6H2,1-2H3,(H,18,19);1-5H. The molecule has 132 valence electrons. The number of carbonyl (C=O) groups excluding carboxylic acids is 1. The number of carbonyl (C=O) groups is 2.